The number of carbonyl (C=O) groups excluding carboxylic acids is 2. The molecule has 0 saturated heterocycles. The summed E-state index contributed by atoms with van der Waals surface area (Å²) in [6.07, 6.45) is 2.94. The first-order valence-corrected chi connectivity index (χ1v) is 12.1. The fraction of sp³-hybridized carbons (Fsp3) is 0.391. The molecule has 0 aromatic heterocycles. The Labute approximate surface area is 183 Å². The number of fused-ring (bicyclic) bond motifs is 1. The minimum absolute atomic E-state index is 0.104. The normalized spacial score (nSPS) is 13.8. The number of unbranched alkanes of at least 4 members (excludes halogenated alkanes) is 1. The molecular weight excluding hydrogens is 414 g/mol. The van der Waals surface area contributed by atoms with E-state index in [4.69, 9.17) is 0 Å². The van der Waals surface area contributed by atoms with Crippen LogP contribution in [0.1, 0.15) is 45.6 Å². The Kier molecular flexibility index (Phi) is 7.00. The van der Waals surface area contributed by atoms with Gasteiger partial charge in [0, 0.05) is 35.9 Å². The van der Waals surface area contributed by atoms with E-state index in [0.29, 0.717) is 30.8 Å². The number of carbonyl (C=O) groups is 2. The molecule has 0 fully saturated rings. The van der Waals surface area contributed by atoms with Crippen LogP contribution in [-0.2, 0) is 26.0 Å². The zero-order valence-electron chi connectivity index (χ0n) is 18.1. The lowest BCUT2D eigenvalue weighted by molar-refractivity contribution is -0.119. The largest absolute Gasteiger partial charge is 0.326 e. The summed E-state index contributed by atoms with van der Waals surface area (Å²) >= 11 is 0. The molecule has 1 aliphatic rings. The van der Waals surface area contributed by atoms with E-state index in [1.807, 2.05) is 6.07 Å². The van der Waals surface area contributed by atoms with Gasteiger partial charge in [0.25, 0.3) is 10.0 Å². The quantitative estimate of drug-likeness (QED) is 0.640. The SMILES string of the molecule is CCCCN1C(=O)CCc2cc(NS(=O)(=O)c3ccc(NC(=O)C(C)C)cc3)ccc21. The van der Waals surface area contributed by atoms with Crippen LogP contribution in [0.2, 0.25) is 0 Å². The van der Waals surface area contributed by atoms with Gasteiger partial charge < -0.3 is 10.2 Å². The molecule has 0 radical (unpaired) electrons. The molecule has 0 spiro atoms. The number of aryl methyl sites for hydroxylation is 1. The number of benzene rings is 2. The maximum atomic E-state index is 12.8. The van der Waals surface area contributed by atoms with Gasteiger partial charge in [-0.2, -0.15) is 0 Å². The average Bonchev–Trinajstić information content (AvgIpc) is 2.73. The highest BCUT2D eigenvalue weighted by atomic mass is 32.2. The molecular formula is C23H29N3O4S. The van der Waals surface area contributed by atoms with E-state index in [9.17, 15) is 18.0 Å². The van der Waals surface area contributed by atoms with E-state index >= 15 is 0 Å². The monoisotopic (exact) mass is 443 g/mol. The van der Waals surface area contributed by atoms with E-state index in [1.165, 1.54) is 12.1 Å². The molecule has 2 aromatic carbocycles. The number of amides is 2. The van der Waals surface area contributed by atoms with Crippen molar-refractivity contribution in [3.05, 3.63) is 48.0 Å². The van der Waals surface area contributed by atoms with Crippen molar-refractivity contribution in [1.29, 1.82) is 0 Å². The number of rotatable bonds is 8. The second kappa shape index (κ2) is 9.51. The fourth-order valence-electron chi connectivity index (χ4n) is 3.40. The maximum absolute atomic E-state index is 12.8. The Morgan fingerprint density at radius 3 is 2.39 bits per heavy atom. The third kappa shape index (κ3) is 5.44. The highest BCUT2D eigenvalue weighted by Crippen LogP contribution is 2.31. The molecule has 2 amide bonds. The van der Waals surface area contributed by atoms with Crippen LogP contribution < -0.4 is 14.9 Å². The summed E-state index contributed by atoms with van der Waals surface area (Å²) in [7, 11) is -3.78. The molecule has 3 rings (SSSR count). The van der Waals surface area contributed by atoms with Crippen LogP contribution >= 0.6 is 0 Å². The zero-order chi connectivity index (χ0) is 22.6. The zero-order valence-corrected chi connectivity index (χ0v) is 19.0. The smallest absolute Gasteiger partial charge is 0.261 e. The van der Waals surface area contributed by atoms with Gasteiger partial charge in [-0.1, -0.05) is 27.2 Å². The maximum Gasteiger partial charge on any atom is 0.261 e. The number of sulfonamides is 1. The molecule has 0 atom stereocenters. The Morgan fingerprint density at radius 2 is 1.74 bits per heavy atom. The molecule has 1 heterocycles. The van der Waals surface area contributed by atoms with Crippen molar-refractivity contribution in [2.24, 2.45) is 5.92 Å². The van der Waals surface area contributed by atoms with Gasteiger partial charge in [0.05, 0.1) is 4.90 Å². The van der Waals surface area contributed by atoms with Crippen LogP contribution in [0.5, 0.6) is 0 Å². The molecule has 2 aromatic rings. The Hall–Kier alpha value is -2.87. The standard InChI is InChI=1S/C23H29N3O4S/c1-4-5-14-26-21-12-9-19(15-17(21)6-13-22(26)27)25-31(29,30)20-10-7-18(8-11-20)24-23(28)16(2)3/h7-12,15-16,25H,4-6,13-14H2,1-3H3,(H,24,28). The van der Waals surface area contributed by atoms with Crippen molar-refractivity contribution in [3.63, 3.8) is 0 Å². The minimum atomic E-state index is -3.78. The molecule has 2 N–H and O–H groups in total. The summed E-state index contributed by atoms with van der Waals surface area (Å²) < 4.78 is 28.2. The van der Waals surface area contributed by atoms with Gasteiger partial charge in [-0.15, -0.1) is 0 Å². The van der Waals surface area contributed by atoms with Gasteiger partial charge in [0.2, 0.25) is 11.8 Å². The second-order valence-electron chi connectivity index (χ2n) is 8.02. The van der Waals surface area contributed by atoms with E-state index in [1.54, 1.807) is 43.0 Å². The Morgan fingerprint density at radius 1 is 1.06 bits per heavy atom. The van der Waals surface area contributed by atoms with E-state index in [2.05, 4.69) is 17.0 Å². The van der Waals surface area contributed by atoms with Crippen LogP contribution in [0.15, 0.2) is 47.4 Å². The summed E-state index contributed by atoms with van der Waals surface area (Å²) in [6, 6.07) is 11.4. The Bertz CT molecular complexity index is 1060. The summed E-state index contributed by atoms with van der Waals surface area (Å²) in [5, 5.41) is 2.74. The molecule has 0 bridgehead atoms. The van der Waals surface area contributed by atoms with Crippen LogP contribution in [-0.4, -0.2) is 26.8 Å². The molecule has 7 nitrogen and oxygen atoms in total. The first-order valence-electron chi connectivity index (χ1n) is 10.6. The summed E-state index contributed by atoms with van der Waals surface area (Å²) in [6.45, 7) is 6.33. The van der Waals surface area contributed by atoms with E-state index < -0.39 is 10.0 Å². The number of hydrogen-bond donors (Lipinski definition) is 2. The van der Waals surface area contributed by atoms with Crippen molar-refractivity contribution in [1.82, 2.24) is 0 Å². The Balaban J connectivity index is 1.76. The fourth-order valence-corrected chi connectivity index (χ4v) is 4.45. The number of nitrogens with one attached hydrogen (secondary N) is 2. The van der Waals surface area contributed by atoms with Crippen molar-refractivity contribution in [2.45, 2.75) is 51.3 Å². The first-order chi connectivity index (χ1) is 14.7. The first kappa shape index (κ1) is 22.8. The molecule has 31 heavy (non-hydrogen) atoms. The van der Waals surface area contributed by atoms with Gasteiger partial charge in [0.15, 0.2) is 0 Å². The predicted octanol–water partition coefficient (Wildman–Crippen LogP) is 4.16. The molecule has 0 aliphatic carbocycles. The lowest BCUT2D eigenvalue weighted by atomic mass is 10.00. The highest BCUT2D eigenvalue weighted by Gasteiger charge is 2.24. The van der Waals surface area contributed by atoms with Crippen molar-refractivity contribution in [3.8, 4) is 0 Å². The van der Waals surface area contributed by atoms with Gasteiger partial charge in [0.1, 0.15) is 0 Å². The van der Waals surface area contributed by atoms with E-state index in [-0.39, 0.29) is 22.6 Å². The summed E-state index contributed by atoms with van der Waals surface area (Å²) in [5.74, 6) is -0.185. The minimum Gasteiger partial charge on any atom is -0.326 e. The van der Waals surface area contributed by atoms with E-state index in [0.717, 1.165) is 24.1 Å². The van der Waals surface area contributed by atoms with Crippen LogP contribution in [0, 0.1) is 5.92 Å². The summed E-state index contributed by atoms with van der Waals surface area (Å²) in [5.41, 5.74) is 2.82. The van der Waals surface area contributed by atoms with Crippen LogP contribution in [0.4, 0.5) is 17.1 Å². The lowest BCUT2D eigenvalue weighted by Gasteiger charge is -2.29. The molecule has 166 valence electrons. The second-order valence-corrected chi connectivity index (χ2v) is 9.70. The topological polar surface area (TPSA) is 95.6 Å². The number of anilines is 3. The van der Waals surface area contributed by atoms with Crippen molar-refractivity contribution in [2.75, 3.05) is 21.5 Å². The molecule has 1 aliphatic heterocycles. The molecule has 0 unspecified atom stereocenters. The van der Waals surface area contributed by atoms with Crippen LogP contribution in [0.25, 0.3) is 0 Å². The highest BCUT2D eigenvalue weighted by molar-refractivity contribution is 7.92. The molecule has 0 saturated carbocycles. The van der Waals surface area contributed by atoms with Crippen molar-refractivity contribution >= 4 is 38.9 Å². The van der Waals surface area contributed by atoms with Crippen LogP contribution in [0.3, 0.4) is 0 Å². The number of hydrogen-bond acceptors (Lipinski definition) is 4. The van der Waals surface area contributed by atoms with Gasteiger partial charge >= 0.3 is 0 Å². The average molecular weight is 444 g/mol. The van der Waals surface area contributed by atoms with Gasteiger partial charge in [-0.3, -0.25) is 14.3 Å². The summed E-state index contributed by atoms with van der Waals surface area (Å²) in [4.78, 5) is 26.0. The third-order valence-electron chi connectivity index (χ3n) is 5.22. The molecule has 8 heteroatoms. The lowest BCUT2D eigenvalue weighted by Crippen LogP contribution is -2.35. The van der Waals surface area contributed by atoms with Gasteiger partial charge in [-0.25, -0.2) is 8.42 Å². The van der Waals surface area contributed by atoms with Gasteiger partial charge in [-0.05, 0) is 60.9 Å². The number of nitrogens with zero attached hydrogens (tertiary/aromatic N) is 1. The van der Waals surface area contributed by atoms with Crippen molar-refractivity contribution < 1.29 is 18.0 Å². The third-order valence-corrected chi connectivity index (χ3v) is 6.62. The predicted molar refractivity (Wildman–Crippen MR) is 123 cm³/mol.